The van der Waals surface area contributed by atoms with Crippen molar-refractivity contribution in [2.75, 3.05) is 0 Å². The van der Waals surface area contributed by atoms with E-state index in [1.54, 1.807) is 22.3 Å². The van der Waals surface area contributed by atoms with Gasteiger partial charge in [-0.25, -0.2) is 0 Å². The monoisotopic (exact) mass is 294 g/mol. The smallest absolute Gasteiger partial charge is 0.00112 e. The van der Waals surface area contributed by atoms with Gasteiger partial charge in [-0.2, -0.15) is 0 Å². The van der Waals surface area contributed by atoms with E-state index in [-0.39, 0.29) is 0 Å². The molecule has 0 aromatic rings. The third-order valence-corrected chi connectivity index (χ3v) is 6.62. The Bertz CT molecular complexity index is 517. The second-order valence-corrected chi connectivity index (χ2v) is 8.06. The van der Waals surface area contributed by atoms with Gasteiger partial charge < -0.3 is 0 Å². The Hall–Kier alpha value is -1.04. The van der Waals surface area contributed by atoms with Crippen LogP contribution in [-0.4, -0.2) is 0 Å². The molecule has 0 heteroatoms. The largest absolute Gasteiger partial charge is 0.0770 e. The van der Waals surface area contributed by atoms with Crippen LogP contribution in [0.4, 0.5) is 0 Å². The number of allylic oxidation sites excluding steroid dienone is 8. The van der Waals surface area contributed by atoms with E-state index in [1.165, 1.54) is 51.4 Å². The first-order valence-electron chi connectivity index (χ1n) is 9.56. The number of hydrogen-bond donors (Lipinski definition) is 0. The molecule has 118 valence electrons. The predicted molar refractivity (Wildman–Crippen MR) is 94.6 cm³/mol. The van der Waals surface area contributed by atoms with Gasteiger partial charge >= 0.3 is 0 Å². The lowest BCUT2D eigenvalue weighted by Gasteiger charge is -2.29. The fourth-order valence-corrected chi connectivity index (χ4v) is 5.53. The quantitative estimate of drug-likeness (QED) is 0.567. The highest BCUT2D eigenvalue weighted by Gasteiger charge is 2.31. The summed E-state index contributed by atoms with van der Waals surface area (Å²) in [6.07, 6.45) is 20.9. The van der Waals surface area contributed by atoms with E-state index in [9.17, 15) is 0 Å². The molecule has 4 aliphatic carbocycles. The normalized spacial score (nSPS) is 37.0. The van der Waals surface area contributed by atoms with Gasteiger partial charge in [-0.15, -0.1) is 0 Å². The van der Waals surface area contributed by atoms with Gasteiger partial charge in [-0.3, -0.25) is 0 Å². The van der Waals surface area contributed by atoms with E-state index in [4.69, 9.17) is 0 Å². The van der Waals surface area contributed by atoms with Crippen molar-refractivity contribution in [1.29, 1.82) is 0 Å². The van der Waals surface area contributed by atoms with Crippen LogP contribution in [0.3, 0.4) is 0 Å². The maximum atomic E-state index is 2.52. The zero-order chi connectivity index (χ0) is 15.1. The summed E-state index contributed by atoms with van der Waals surface area (Å²) >= 11 is 0. The van der Waals surface area contributed by atoms with Gasteiger partial charge in [-0.05, 0) is 86.2 Å². The molecule has 0 radical (unpaired) electrons. The molecular weight excluding hydrogens is 264 g/mol. The lowest BCUT2D eigenvalue weighted by Crippen LogP contribution is -2.16. The van der Waals surface area contributed by atoms with Gasteiger partial charge in [-0.1, -0.05) is 49.3 Å². The van der Waals surface area contributed by atoms with Gasteiger partial charge in [0.25, 0.3) is 0 Å². The lowest BCUT2D eigenvalue weighted by molar-refractivity contribution is 0.446. The molecule has 0 N–H and O–H groups in total. The third kappa shape index (κ3) is 2.45. The van der Waals surface area contributed by atoms with Crippen LogP contribution in [0.2, 0.25) is 0 Å². The van der Waals surface area contributed by atoms with E-state index in [0.29, 0.717) is 0 Å². The van der Waals surface area contributed by atoms with E-state index in [0.717, 1.165) is 23.7 Å². The zero-order valence-corrected chi connectivity index (χ0v) is 14.3. The summed E-state index contributed by atoms with van der Waals surface area (Å²) in [5.74, 6) is 3.15. The molecule has 0 saturated heterocycles. The third-order valence-electron chi connectivity index (χ3n) is 6.62. The Balaban J connectivity index is 1.44. The molecule has 0 aromatic heterocycles. The molecule has 0 nitrogen and oxygen atoms in total. The molecule has 0 saturated carbocycles. The van der Waals surface area contributed by atoms with Crippen LogP contribution in [0.5, 0.6) is 0 Å². The summed E-state index contributed by atoms with van der Waals surface area (Å²) in [5.41, 5.74) is 6.99. The van der Waals surface area contributed by atoms with Crippen LogP contribution in [0.15, 0.2) is 46.6 Å². The van der Waals surface area contributed by atoms with Crippen LogP contribution < -0.4 is 0 Å². The summed E-state index contributed by atoms with van der Waals surface area (Å²) in [6.45, 7) is 4.90. The van der Waals surface area contributed by atoms with Crippen LogP contribution in [0.25, 0.3) is 0 Å². The summed E-state index contributed by atoms with van der Waals surface area (Å²) in [7, 11) is 0. The Morgan fingerprint density at radius 3 is 1.68 bits per heavy atom. The average molecular weight is 294 g/mol. The van der Waals surface area contributed by atoms with Gasteiger partial charge in [0.1, 0.15) is 0 Å². The van der Waals surface area contributed by atoms with Crippen LogP contribution in [-0.2, 0) is 0 Å². The summed E-state index contributed by atoms with van der Waals surface area (Å²) in [6, 6.07) is 0. The zero-order valence-electron chi connectivity index (χ0n) is 14.3. The first kappa shape index (κ1) is 14.5. The Kier molecular flexibility index (Phi) is 3.88. The van der Waals surface area contributed by atoms with Crippen LogP contribution in [0, 0.1) is 23.7 Å². The molecule has 0 bridgehead atoms. The van der Waals surface area contributed by atoms with Crippen molar-refractivity contribution in [2.45, 2.75) is 65.2 Å². The molecule has 0 aromatic carbocycles. The molecule has 0 amide bonds. The minimum Gasteiger partial charge on any atom is -0.0770 e. The van der Waals surface area contributed by atoms with Crippen molar-refractivity contribution in [3.63, 3.8) is 0 Å². The number of rotatable bonds is 3. The molecule has 4 atom stereocenters. The summed E-state index contributed by atoms with van der Waals surface area (Å²) in [5, 5.41) is 0. The van der Waals surface area contributed by atoms with E-state index in [2.05, 4.69) is 38.2 Å². The second kappa shape index (κ2) is 5.87. The molecule has 0 spiro atoms. The molecule has 22 heavy (non-hydrogen) atoms. The van der Waals surface area contributed by atoms with Crippen molar-refractivity contribution in [1.82, 2.24) is 0 Å². The summed E-state index contributed by atoms with van der Waals surface area (Å²) < 4.78 is 0. The molecule has 0 heterocycles. The van der Waals surface area contributed by atoms with Gasteiger partial charge in [0.05, 0.1) is 0 Å². The fraction of sp³-hybridized carbons (Fsp3) is 0.636. The van der Waals surface area contributed by atoms with Crippen molar-refractivity contribution in [3.05, 3.63) is 46.6 Å². The molecule has 4 aliphatic rings. The lowest BCUT2D eigenvalue weighted by atomic mass is 9.76. The van der Waals surface area contributed by atoms with Gasteiger partial charge in [0, 0.05) is 0 Å². The predicted octanol–water partition coefficient (Wildman–Crippen LogP) is 6.37. The number of hydrogen-bond acceptors (Lipinski definition) is 0. The SMILES string of the molecule is CC1CCCC2=C1C(CCC1C=CC3=C1C(C)CCC3)C=C2. The first-order valence-corrected chi connectivity index (χ1v) is 9.56. The first-order chi connectivity index (χ1) is 10.7. The molecule has 4 rings (SSSR count). The topological polar surface area (TPSA) is 0 Å². The highest BCUT2D eigenvalue weighted by molar-refractivity contribution is 5.41. The van der Waals surface area contributed by atoms with E-state index < -0.39 is 0 Å². The maximum absolute atomic E-state index is 2.52. The van der Waals surface area contributed by atoms with Crippen molar-refractivity contribution < 1.29 is 0 Å². The highest BCUT2D eigenvalue weighted by atomic mass is 14.4. The van der Waals surface area contributed by atoms with Crippen molar-refractivity contribution >= 4 is 0 Å². The molecule has 0 fully saturated rings. The summed E-state index contributed by atoms with van der Waals surface area (Å²) in [4.78, 5) is 0. The molecule has 0 aliphatic heterocycles. The maximum Gasteiger partial charge on any atom is -0.00112 e. The molecular formula is C22H30. The second-order valence-electron chi connectivity index (χ2n) is 8.06. The van der Waals surface area contributed by atoms with Crippen LogP contribution >= 0.6 is 0 Å². The van der Waals surface area contributed by atoms with E-state index in [1.807, 2.05) is 0 Å². The minimum absolute atomic E-state index is 0.752. The van der Waals surface area contributed by atoms with Gasteiger partial charge in [0.15, 0.2) is 0 Å². The average Bonchev–Trinajstić information content (AvgIpc) is 3.11. The highest BCUT2D eigenvalue weighted by Crippen LogP contribution is 2.45. The van der Waals surface area contributed by atoms with Crippen molar-refractivity contribution in [3.8, 4) is 0 Å². The Labute approximate surface area is 136 Å². The Morgan fingerprint density at radius 2 is 1.23 bits per heavy atom. The Morgan fingerprint density at radius 1 is 0.773 bits per heavy atom. The van der Waals surface area contributed by atoms with Crippen molar-refractivity contribution in [2.24, 2.45) is 23.7 Å². The van der Waals surface area contributed by atoms with E-state index >= 15 is 0 Å². The fourth-order valence-electron chi connectivity index (χ4n) is 5.53. The van der Waals surface area contributed by atoms with Crippen LogP contribution in [0.1, 0.15) is 65.2 Å². The minimum atomic E-state index is 0.752. The standard InChI is InChI=1S/C22H30/c1-15-5-3-7-17-9-11-19(21(15)17)13-14-20-12-10-18-8-4-6-16(2)22(18)20/h9-12,15-16,19-20H,3-8,13-14H2,1-2H3. The van der Waals surface area contributed by atoms with Gasteiger partial charge in [0.2, 0.25) is 0 Å². The molecule has 4 unspecified atom stereocenters.